The van der Waals surface area contributed by atoms with E-state index in [1.165, 1.54) is 6.42 Å². The molecule has 0 radical (unpaired) electrons. The molecule has 0 aliphatic rings. The Morgan fingerprint density at radius 1 is 0.692 bits per heavy atom. The van der Waals surface area contributed by atoms with Crippen LogP contribution in [-0.2, 0) is 9.53 Å². The van der Waals surface area contributed by atoms with Gasteiger partial charge in [-0.15, -0.1) is 5.11 Å². The number of ketones is 1. The van der Waals surface area contributed by atoms with Crippen LogP contribution in [0.1, 0.15) is 91.0 Å². The Balaban J connectivity index is 1.38. The predicted molar refractivity (Wildman–Crippen MR) is 203 cm³/mol. The Bertz CT molecular complexity index is 1810. The SMILES string of the molecule is C=C(CCCCCCOc1ccc(N=Nc2ccccc2C(=O)OC(=Cc2ccc(OCCCCCC)cc2)C(=O)c2ccccc2)cc1)C(=O)O. The summed E-state index contributed by atoms with van der Waals surface area (Å²) < 4.78 is 17.5. The lowest BCUT2D eigenvalue weighted by molar-refractivity contribution is -0.132. The first-order valence-corrected chi connectivity index (χ1v) is 17.7. The molecule has 4 rings (SSSR count). The molecule has 9 nitrogen and oxygen atoms in total. The molecule has 4 aromatic carbocycles. The monoisotopic (exact) mass is 702 g/mol. The van der Waals surface area contributed by atoms with E-state index in [0.717, 1.165) is 50.7 Å². The predicted octanol–water partition coefficient (Wildman–Crippen LogP) is 11.1. The van der Waals surface area contributed by atoms with Gasteiger partial charge in [-0.3, -0.25) is 4.79 Å². The number of carboxylic acid groups (broad SMARTS) is 1. The molecule has 4 aromatic rings. The maximum atomic E-state index is 13.6. The van der Waals surface area contributed by atoms with Gasteiger partial charge in [0.05, 0.1) is 24.5 Å². The molecule has 52 heavy (non-hydrogen) atoms. The smallest absolute Gasteiger partial charge is 0.345 e. The number of aliphatic carboxylic acids is 1. The van der Waals surface area contributed by atoms with Crippen LogP contribution >= 0.6 is 0 Å². The van der Waals surface area contributed by atoms with Crippen molar-refractivity contribution in [3.05, 3.63) is 138 Å². The summed E-state index contributed by atoms with van der Waals surface area (Å²) in [5.41, 5.74) is 2.29. The number of ether oxygens (including phenoxy) is 3. The van der Waals surface area contributed by atoms with Crippen molar-refractivity contribution < 1.29 is 33.7 Å². The van der Waals surface area contributed by atoms with Crippen molar-refractivity contribution in [3.8, 4) is 11.5 Å². The van der Waals surface area contributed by atoms with Gasteiger partial charge >= 0.3 is 11.9 Å². The Kier molecular flexibility index (Phi) is 16.0. The van der Waals surface area contributed by atoms with Gasteiger partial charge in [0.15, 0.2) is 5.76 Å². The molecule has 0 heterocycles. The molecule has 0 unspecified atom stereocenters. The second-order valence-corrected chi connectivity index (χ2v) is 12.2. The van der Waals surface area contributed by atoms with Crippen LogP contribution in [0.3, 0.4) is 0 Å². The molecule has 0 spiro atoms. The van der Waals surface area contributed by atoms with Crippen molar-refractivity contribution in [2.75, 3.05) is 13.2 Å². The van der Waals surface area contributed by atoms with Gasteiger partial charge in [-0.1, -0.05) is 100 Å². The van der Waals surface area contributed by atoms with Crippen LogP contribution in [0, 0.1) is 0 Å². The Hall–Kier alpha value is -5.83. The number of unbranched alkanes of at least 4 members (excludes halogenated alkanes) is 6. The van der Waals surface area contributed by atoms with Crippen LogP contribution in [0.5, 0.6) is 11.5 Å². The number of azo groups is 1. The fraction of sp³-hybridized carbons (Fsp3) is 0.279. The van der Waals surface area contributed by atoms with Gasteiger partial charge in [0.2, 0.25) is 5.78 Å². The van der Waals surface area contributed by atoms with E-state index in [1.807, 2.05) is 30.3 Å². The number of carbonyl (C=O) groups excluding carboxylic acids is 2. The van der Waals surface area contributed by atoms with Gasteiger partial charge in [0.1, 0.15) is 17.2 Å². The third-order valence-electron chi connectivity index (χ3n) is 8.08. The summed E-state index contributed by atoms with van der Waals surface area (Å²) in [5, 5.41) is 17.5. The molecule has 1 N–H and O–H groups in total. The van der Waals surface area contributed by atoms with Gasteiger partial charge in [0.25, 0.3) is 0 Å². The number of hydrogen-bond donors (Lipinski definition) is 1. The lowest BCUT2D eigenvalue weighted by Gasteiger charge is -2.10. The fourth-order valence-electron chi connectivity index (χ4n) is 5.10. The third kappa shape index (κ3) is 13.1. The van der Waals surface area contributed by atoms with E-state index in [-0.39, 0.29) is 22.6 Å². The van der Waals surface area contributed by atoms with Crippen LogP contribution in [-0.4, -0.2) is 36.0 Å². The highest BCUT2D eigenvalue weighted by molar-refractivity contribution is 6.12. The van der Waals surface area contributed by atoms with E-state index in [9.17, 15) is 14.4 Å². The van der Waals surface area contributed by atoms with E-state index in [4.69, 9.17) is 19.3 Å². The van der Waals surface area contributed by atoms with Crippen LogP contribution in [0.4, 0.5) is 11.4 Å². The number of esters is 1. The van der Waals surface area contributed by atoms with Gasteiger partial charge in [0, 0.05) is 11.1 Å². The Labute approximate surface area is 305 Å². The quantitative estimate of drug-likeness (QED) is 0.0216. The topological polar surface area (TPSA) is 124 Å². The van der Waals surface area contributed by atoms with Crippen molar-refractivity contribution in [2.24, 2.45) is 10.2 Å². The number of hydrogen-bond acceptors (Lipinski definition) is 8. The molecule has 0 fully saturated rings. The first-order chi connectivity index (χ1) is 25.3. The lowest BCUT2D eigenvalue weighted by Crippen LogP contribution is -2.13. The maximum Gasteiger partial charge on any atom is 0.345 e. The molecule has 0 amide bonds. The number of benzene rings is 4. The van der Waals surface area contributed by atoms with E-state index >= 15 is 0 Å². The number of rotatable bonds is 22. The zero-order valence-electron chi connectivity index (χ0n) is 29.7. The standard InChI is InChI=1S/C43H46N2O7/c1-3-4-5-14-29-50-36-25-21-33(22-26-36)31-40(41(46)34-17-10-8-11-18-34)52-43(49)38-19-12-13-20-39(38)45-44-35-23-27-37(28-24-35)51-30-15-7-6-9-16-32(2)42(47)48/h8,10-13,17-28,31H,2-7,9,14-16,29-30H2,1H3,(H,47,48). The van der Waals surface area contributed by atoms with Crippen LogP contribution in [0.25, 0.3) is 6.08 Å². The maximum absolute atomic E-state index is 13.6. The number of allylic oxidation sites excluding steroid dienone is 1. The van der Waals surface area contributed by atoms with Crippen LogP contribution in [0.2, 0.25) is 0 Å². The largest absolute Gasteiger partial charge is 0.494 e. The number of carboxylic acids is 1. The average molecular weight is 703 g/mol. The lowest BCUT2D eigenvalue weighted by atomic mass is 10.1. The fourth-order valence-corrected chi connectivity index (χ4v) is 5.10. The van der Waals surface area contributed by atoms with Gasteiger partial charge in [-0.25, -0.2) is 9.59 Å². The molecule has 0 aromatic heterocycles. The van der Waals surface area contributed by atoms with E-state index in [2.05, 4.69) is 23.7 Å². The molecule has 9 heteroatoms. The van der Waals surface area contributed by atoms with Crippen LogP contribution in [0.15, 0.2) is 131 Å². The van der Waals surface area contributed by atoms with Crippen molar-refractivity contribution in [3.63, 3.8) is 0 Å². The van der Waals surface area contributed by atoms with Gasteiger partial charge in [-0.2, -0.15) is 5.11 Å². The van der Waals surface area contributed by atoms with Crippen molar-refractivity contribution in [1.29, 1.82) is 0 Å². The molecule has 0 aliphatic carbocycles. The highest BCUT2D eigenvalue weighted by atomic mass is 16.5. The van der Waals surface area contributed by atoms with Crippen molar-refractivity contribution in [1.82, 2.24) is 0 Å². The minimum absolute atomic E-state index is 0.129. The molecular weight excluding hydrogens is 656 g/mol. The molecular formula is C43H46N2O7. The summed E-state index contributed by atoms with van der Waals surface area (Å²) in [6, 6.07) is 29.7. The molecule has 0 aliphatic heterocycles. The number of Topliss-reactive ketones (excluding diaryl/α,β-unsaturated/α-hetero) is 1. The zero-order chi connectivity index (χ0) is 37.0. The van der Waals surface area contributed by atoms with Crippen molar-refractivity contribution in [2.45, 2.75) is 64.7 Å². The molecule has 0 saturated heterocycles. The molecule has 0 atom stereocenters. The normalized spacial score (nSPS) is 11.3. The number of nitrogens with zero attached hydrogens (tertiary/aromatic N) is 2. The Morgan fingerprint density at radius 3 is 1.94 bits per heavy atom. The third-order valence-corrected chi connectivity index (χ3v) is 8.08. The van der Waals surface area contributed by atoms with Gasteiger partial charge in [-0.05, 0) is 85.9 Å². The summed E-state index contributed by atoms with van der Waals surface area (Å²) in [6.45, 7) is 6.90. The summed E-state index contributed by atoms with van der Waals surface area (Å²) in [5.74, 6) is -0.829. The minimum Gasteiger partial charge on any atom is -0.494 e. The summed E-state index contributed by atoms with van der Waals surface area (Å²) >= 11 is 0. The van der Waals surface area contributed by atoms with E-state index < -0.39 is 17.7 Å². The average Bonchev–Trinajstić information content (AvgIpc) is 3.17. The minimum atomic E-state index is -0.941. The first-order valence-electron chi connectivity index (χ1n) is 17.7. The second-order valence-electron chi connectivity index (χ2n) is 12.2. The van der Waals surface area contributed by atoms with Crippen molar-refractivity contribution >= 4 is 35.2 Å². The van der Waals surface area contributed by atoms with E-state index in [0.29, 0.717) is 42.2 Å². The zero-order valence-corrected chi connectivity index (χ0v) is 29.7. The molecule has 0 bridgehead atoms. The van der Waals surface area contributed by atoms with Crippen LogP contribution < -0.4 is 9.47 Å². The summed E-state index contributed by atoms with van der Waals surface area (Å²) in [4.78, 5) is 38.0. The summed E-state index contributed by atoms with van der Waals surface area (Å²) in [6.07, 6.45) is 9.99. The second kappa shape index (κ2) is 21.4. The first kappa shape index (κ1) is 39.0. The van der Waals surface area contributed by atoms with Gasteiger partial charge < -0.3 is 19.3 Å². The number of carbonyl (C=O) groups is 3. The molecule has 270 valence electrons. The highest BCUT2D eigenvalue weighted by Crippen LogP contribution is 2.26. The Morgan fingerprint density at radius 2 is 1.29 bits per heavy atom. The van der Waals surface area contributed by atoms with E-state index in [1.54, 1.807) is 78.9 Å². The summed E-state index contributed by atoms with van der Waals surface area (Å²) in [7, 11) is 0. The molecule has 0 saturated carbocycles. The highest BCUT2D eigenvalue weighted by Gasteiger charge is 2.21.